The molecule has 0 amide bonds. The summed E-state index contributed by atoms with van der Waals surface area (Å²) in [4.78, 5) is 13.2. The monoisotopic (exact) mass is 350 g/mol. The van der Waals surface area contributed by atoms with Crippen molar-refractivity contribution >= 4 is 23.2 Å². The highest BCUT2D eigenvalue weighted by Gasteiger charge is 2.62. The summed E-state index contributed by atoms with van der Waals surface area (Å²) in [5.41, 5.74) is 2.99. The molecule has 23 heavy (non-hydrogen) atoms. The second kappa shape index (κ2) is 4.46. The molecule has 122 valence electrons. The summed E-state index contributed by atoms with van der Waals surface area (Å²) >= 11 is 12.5. The van der Waals surface area contributed by atoms with Gasteiger partial charge in [0.05, 0.1) is 16.4 Å². The van der Waals surface area contributed by atoms with E-state index in [1.807, 2.05) is 11.7 Å². The Labute approximate surface area is 145 Å². The number of nitrogens with zero attached hydrogens (tertiary/aromatic N) is 2. The minimum Gasteiger partial charge on any atom is -0.284 e. The zero-order chi connectivity index (χ0) is 16.7. The van der Waals surface area contributed by atoms with Crippen molar-refractivity contribution in [1.29, 1.82) is 0 Å². The molecule has 3 nitrogen and oxygen atoms in total. The van der Waals surface area contributed by atoms with Crippen molar-refractivity contribution in [3.63, 3.8) is 0 Å². The van der Waals surface area contributed by atoms with Crippen LogP contribution in [-0.4, -0.2) is 9.36 Å². The number of hydrogen-bond acceptors (Lipinski definition) is 1. The van der Waals surface area contributed by atoms with E-state index in [2.05, 4.69) is 20.8 Å². The first-order valence-electron chi connectivity index (χ1n) is 7.98. The molecule has 4 rings (SSSR count). The van der Waals surface area contributed by atoms with Crippen molar-refractivity contribution in [3.05, 3.63) is 49.9 Å². The summed E-state index contributed by atoms with van der Waals surface area (Å²) in [6, 6.07) is 5.24. The fraction of sp³-hybridized carbons (Fsp3) is 0.500. The van der Waals surface area contributed by atoms with E-state index in [0.29, 0.717) is 21.7 Å². The molecule has 1 aromatic heterocycles. The van der Waals surface area contributed by atoms with E-state index < -0.39 is 0 Å². The fourth-order valence-electron chi connectivity index (χ4n) is 4.94. The Morgan fingerprint density at radius 1 is 1.22 bits per heavy atom. The van der Waals surface area contributed by atoms with Gasteiger partial charge < -0.3 is 0 Å². The van der Waals surface area contributed by atoms with Crippen molar-refractivity contribution in [3.8, 4) is 5.69 Å². The normalized spacial score (nSPS) is 27.5. The summed E-state index contributed by atoms with van der Waals surface area (Å²) in [7, 11) is 1.96. The van der Waals surface area contributed by atoms with Crippen molar-refractivity contribution in [1.82, 2.24) is 9.36 Å². The minimum absolute atomic E-state index is 0.0250. The molecule has 1 saturated carbocycles. The lowest BCUT2D eigenvalue weighted by molar-refractivity contribution is 0.218. The molecule has 2 aromatic rings. The highest BCUT2D eigenvalue weighted by molar-refractivity contribution is 6.34. The lowest BCUT2D eigenvalue weighted by atomic mass is 9.70. The Morgan fingerprint density at radius 2 is 1.91 bits per heavy atom. The van der Waals surface area contributed by atoms with E-state index >= 15 is 0 Å². The van der Waals surface area contributed by atoms with Crippen LogP contribution in [0.4, 0.5) is 0 Å². The van der Waals surface area contributed by atoms with Crippen LogP contribution in [-0.2, 0) is 12.5 Å². The van der Waals surface area contributed by atoms with Gasteiger partial charge in [-0.1, -0.05) is 44.0 Å². The molecule has 1 fully saturated rings. The highest BCUT2D eigenvalue weighted by Crippen LogP contribution is 2.66. The van der Waals surface area contributed by atoms with Gasteiger partial charge in [-0.2, -0.15) is 0 Å². The molecule has 2 aliphatic rings. The molecule has 0 saturated heterocycles. The molecule has 1 heterocycles. The Bertz CT molecular complexity index is 893. The van der Waals surface area contributed by atoms with E-state index in [0.717, 1.165) is 18.4 Å². The highest BCUT2D eigenvalue weighted by atomic mass is 35.5. The van der Waals surface area contributed by atoms with Gasteiger partial charge in [0.2, 0.25) is 0 Å². The number of benzene rings is 1. The third-order valence-corrected chi connectivity index (χ3v) is 7.09. The van der Waals surface area contributed by atoms with E-state index in [9.17, 15) is 4.79 Å². The van der Waals surface area contributed by atoms with Crippen LogP contribution in [0.5, 0.6) is 0 Å². The molecule has 2 bridgehead atoms. The van der Waals surface area contributed by atoms with Gasteiger partial charge in [0.25, 0.3) is 5.56 Å². The topological polar surface area (TPSA) is 26.9 Å². The van der Waals surface area contributed by atoms with Crippen molar-refractivity contribution in [2.24, 2.45) is 12.5 Å². The molecule has 0 N–H and O–H groups in total. The van der Waals surface area contributed by atoms with Crippen LogP contribution in [0.15, 0.2) is 23.0 Å². The predicted octanol–water partition coefficient (Wildman–Crippen LogP) is 4.66. The average Bonchev–Trinajstić information content (AvgIpc) is 2.94. The second-order valence-electron chi connectivity index (χ2n) is 7.64. The number of rotatable bonds is 1. The average molecular weight is 351 g/mol. The van der Waals surface area contributed by atoms with Gasteiger partial charge in [-0.05, 0) is 42.4 Å². The molecule has 1 aromatic carbocycles. The third kappa shape index (κ3) is 1.65. The van der Waals surface area contributed by atoms with Gasteiger partial charge in [-0.25, -0.2) is 4.68 Å². The zero-order valence-electron chi connectivity index (χ0n) is 13.8. The van der Waals surface area contributed by atoms with E-state index in [4.69, 9.17) is 23.2 Å². The first-order valence-corrected chi connectivity index (χ1v) is 8.73. The van der Waals surface area contributed by atoms with Crippen LogP contribution in [0.25, 0.3) is 5.69 Å². The van der Waals surface area contributed by atoms with Crippen LogP contribution in [0.3, 0.4) is 0 Å². The Hall–Kier alpha value is -1.19. The van der Waals surface area contributed by atoms with Crippen molar-refractivity contribution in [2.75, 3.05) is 0 Å². The van der Waals surface area contributed by atoms with Gasteiger partial charge in [0.1, 0.15) is 0 Å². The Balaban J connectivity index is 2.05. The van der Waals surface area contributed by atoms with Gasteiger partial charge in [-0.3, -0.25) is 9.48 Å². The van der Waals surface area contributed by atoms with Crippen LogP contribution < -0.4 is 5.56 Å². The van der Waals surface area contributed by atoms with E-state index in [-0.39, 0.29) is 16.4 Å². The molecule has 5 heteroatoms. The van der Waals surface area contributed by atoms with Gasteiger partial charge in [0.15, 0.2) is 0 Å². The van der Waals surface area contributed by atoms with Crippen molar-refractivity contribution in [2.45, 2.75) is 44.9 Å². The summed E-state index contributed by atoms with van der Waals surface area (Å²) in [5, 5.41) is 1.11. The van der Waals surface area contributed by atoms with Crippen LogP contribution >= 0.6 is 23.2 Å². The number of aromatic nitrogens is 2. The smallest absolute Gasteiger partial charge is 0.275 e. The molecule has 0 unspecified atom stereocenters. The summed E-state index contributed by atoms with van der Waals surface area (Å²) in [5.74, 6) is 0.320. The summed E-state index contributed by atoms with van der Waals surface area (Å²) in [6.07, 6.45) is 2.21. The molecular formula is C18H20Cl2N2O. The number of fused-ring (bicyclic) bond motifs is 5. The van der Waals surface area contributed by atoms with Gasteiger partial charge in [-0.15, -0.1) is 0 Å². The second-order valence-corrected chi connectivity index (χ2v) is 8.49. The van der Waals surface area contributed by atoms with Crippen LogP contribution in [0.1, 0.15) is 50.8 Å². The van der Waals surface area contributed by atoms with Crippen LogP contribution in [0.2, 0.25) is 10.0 Å². The molecular weight excluding hydrogens is 331 g/mol. The minimum atomic E-state index is 0.0250. The Kier molecular flexibility index (Phi) is 2.97. The quantitative estimate of drug-likeness (QED) is 0.734. The maximum Gasteiger partial charge on any atom is 0.275 e. The first kappa shape index (κ1) is 15.3. The number of halogens is 2. The maximum absolute atomic E-state index is 13.2. The van der Waals surface area contributed by atoms with E-state index in [1.54, 1.807) is 22.9 Å². The molecule has 2 aliphatic carbocycles. The van der Waals surface area contributed by atoms with Crippen molar-refractivity contribution < 1.29 is 0 Å². The standard InChI is InChI=1S/C18H20Cl2N2O/c1-17(2)11-7-8-18(17,3)15-14(11)16(23)22(21(15)4)13-9-10(19)5-6-12(13)20/h5-6,9,11H,7-8H2,1-4H3/t11-,18+/m0/s1. The first-order chi connectivity index (χ1) is 10.7. The molecule has 0 aliphatic heterocycles. The molecule has 0 radical (unpaired) electrons. The number of hydrogen-bond donors (Lipinski definition) is 0. The molecule has 2 atom stereocenters. The van der Waals surface area contributed by atoms with Gasteiger partial charge >= 0.3 is 0 Å². The summed E-state index contributed by atoms with van der Waals surface area (Å²) < 4.78 is 3.68. The molecule has 0 spiro atoms. The predicted molar refractivity (Wildman–Crippen MR) is 94.1 cm³/mol. The lowest BCUT2D eigenvalue weighted by Crippen LogP contribution is -2.35. The SMILES string of the molecule is Cn1c2c(c(=O)n1-c1cc(Cl)ccc1Cl)[C@@H]1CC[C@@]2(C)C1(C)C. The lowest BCUT2D eigenvalue weighted by Gasteiger charge is -2.36. The largest absolute Gasteiger partial charge is 0.284 e. The third-order valence-electron chi connectivity index (χ3n) is 6.54. The van der Waals surface area contributed by atoms with Crippen LogP contribution in [0, 0.1) is 5.41 Å². The summed E-state index contributed by atoms with van der Waals surface area (Å²) in [6.45, 7) is 6.88. The zero-order valence-corrected chi connectivity index (χ0v) is 15.3. The van der Waals surface area contributed by atoms with E-state index in [1.165, 1.54) is 5.69 Å². The fourth-order valence-corrected chi connectivity index (χ4v) is 5.31. The van der Waals surface area contributed by atoms with Gasteiger partial charge in [0, 0.05) is 23.0 Å². The maximum atomic E-state index is 13.2. The Morgan fingerprint density at radius 3 is 2.57 bits per heavy atom.